The van der Waals surface area contributed by atoms with Crippen LogP contribution in [0.15, 0.2) is 12.2 Å². The van der Waals surface area contributed by atoms with E-state index in [1.54, 1.807) is 0 Å². The fourth-order valence-electron chi connectivity index (χ4n) is 4.75. The van der Waals surface area contributed by atoms with Gasteiger partial charge in [0.1, 0.15) is 6.61 Å². The Morgan fingerprint density at radius 1 is 0.659 bits per heavy atom. The van der Waals surface area contributed by atoms with Gasteiger partial charge < -0.3 is 29.5 Å². The van der Waals surface area contributed by atoms with Crippen molar-refractivity contribution < 1.29 is 48.2 Å². The maximum Gasteiger partial charge on any atom is 0.469 e. The number of hydrogen-bond donors (Lipinski definition) is 4. The Hall–Kier alpha value is -1.29. The Morgan fingerprint density at radius 2 is 1.18 bits per heavy atom. The minimum absolute atomic E-state index is 0.116. The van der Waals surface area contributed by atoms with Crippen molar-refractivity contribution in [2.75, 3.05) is 13.2 Å². The van der Waals surface area contributed by atoms with Gasteiger partial charge >= 0.3 is 19.8 Å². The number of esters is 2. The molecule has 0 saturated carbocycles. The van der Waals surface area contributed by atoms with Gasteiger partial charge in [-0.15, -0.1) is 0 Å². The van der Waals surface area contributed by atoms with Crippen LogP contribution in [0.2, 0.25) is 0 Å². The second-order valence-electron chi connectivity index (χ2n) is 11.8. The number of unbranched alkanes of at least 4 members (excludes halogenated alkanes) is 15. The van der Waals surface area contributed by atoms with Crippen LogP contribution in [-0.2, 0) is 28.2 Å². The lowest BCUT2D eigenvalue weighted by Crippen LogP contribution is -2.29. The zero-order valence-electron chi connectivity index (χ0n) is 27.5. The fraction of sp³-hybridized carbons (Fsp3) is 0.879. The molecule has 0 saturated heterocycles. The zero-order chi connectivity index (χ0) is 32.9. The summed E-state index contributed by atoms with van der Waals surface area (Å²) in [5, 5.41) is 20.3. The molecule has 10 nitrogen and oxygen atoms in total. The molecule has 0 unspecified atom stereocenters. The third kappa shape index (κ3) is 29.4. The molecule has 0 heterocycles. The standard InChI is InChI=1S/C33H63O10P/c1-3-5-7-9-11-12-13-17-21-25-32(36)41-27-29(28-42-44(38,39)40)43-33(37)26-22-18-14-16-20-24-31(35)30(34)23-19-15-10-8-6-4-2/h15,19,29-31,34-35H,3-14,16-18,20-28H2,1-2H3,(H2,38,39,40)/b19-15-/t29-,30+,31+/m1/s1. The van der Waals surface area contributed by atoms with E-state index < -0.39 is 44.7 Å². The highest BCUT2D eigenvalue weighted by Crippen LogP contribution is 2.36. The monoisotopic (exact) mass is 650 g/mol. The maximum atomic E-state index is 12.3. The van der Waals surface area contributed by atoms with Crippen molar-refractivity contribution in [3.8, 4) is 0 Å². The van der Waals surface area contributed by atoms with E-state index in [1.807, 2.05) is 6.08 Å². The van der Waals surface area contributed by atoms with Crippen molar-refractivity contribution >= 4 is 19.8 Å². The van der Waals surface area contributed by atoms with Crippen LogP contribution in [0.4, 0.5) is 0 Å². The van der Waals surface area contributed by atoms with Gasteiger partial charge in [0.15, 0.2) is 6.10 Å². The average molecular weight is 651 g/mol. The Balaban J connectivity index is 4.14. The second-order valence-corrected chi connectivity index (χ2v) is 13.0. The average Bonchev–Trinajstić information content (AvgIpc) is 2.98. The summed E-state index contributed by atoms with van der Waals surface area (Å²) in [5.41, 5.74) is 0. The SMILES string of the molecule is CCCCC/C=C\C[C@H](O)[C@@H](O)CCCCCCCC(=O)O[C@H](COC(=O)CCCCCCCCCCC)COP(=O)(O)O. The summed E-state index contributed by atoms with van der Waals surface area (Å²) in [6, 6.07) is 0. The van der Waals surface area contributed by atoms with Crippen LogP contribution < -0.4 is 0 Å². The first-order valence-corrected chi connectivity index (χ1v) is 18.7. The van der Waals surface area contributed by atoms with E-state index >= 15 is 0 Å². The van der Waals surface area contributed by atoms with E-state index in [4.69, 9.17) is 19.3 Å². The lowest BCUT2D eigenvalue weighted by Gasteiger charge is -2.18. The Kier molecular flexibility index (Phi) is 28.3. The number of rotatable bonds is 31. The summed E-state index contributed by atoms with van der Waals surface area (Å²) in [7, 11) is -4.78. The van der Waals surface area contributed by atoms with E-state index in [-0.39, 0.29) is 19.4 Å². The minimum atomic E-state index is -4.78. The Labute approximate surface area is 266 Å². The third-order valence-corrected chi connectivity index (χ3v) is 7.97. The molecule has 0 aromatic carbocycles. The summed E-state index contributed by atoms with van der Waals surface area (Å²) in [6.07, 6.45) is 21.1. The molecular formula is C33H63O10P. The highest BCUT2D eigenvalue weighted by molar-refractivity contribution is 7.46. The summed E-state index contributed by atoms with van der Waals surface area (Å²) < 4.78 is 26.1. The molecule has 0 amide bonds. The first-order chi connectivity index (χ1) is 21.1. The van der Waals surface area contributed by atoms with Gasteiger partial charge in [0.05, 0.1) is 18.8 Å². The van der Waals surface area contributed by atoms with Gasteiger partial charge in [0.25, 0.3) is 0 Å². The van der Waals surface area contributed by atoms with E-state index in [2.05, 4.69) is 24.4 Å². The summed E-state index contributed by atoms with van der Waals surface area (Å²) >= 11 is 0. The van der Waals surface area contributed by atoms with Crippen molar-refractivity contribution in [1.82, 2.24) is 0 Å². The molecule has 44 heavy (non-hydrogen) atoms. The maximum absolute atomic E-state index is 12.3. The van der Waals surface area contributed by atoms with Crippen LogP contribution >= 0.6 is 7.82 Å². The second kappa shape index (κ2) is 29.1. The van der Waals surface area contributed by atoms with Crippen molar-refractivity contribution in [2.24, 2.45) is 0 Å². The molecule has 0 bridgehead atoms. The summed E-state index contributed by atoms with van der Waals surface area (Å²) in [5.74, 6) is -0.998. The van der Waals surface area contributed by atoms with Gasteiger partial charge in [-0.1, -0.05) is 116 Å². The lowest BCUT2D eigenvalue weighted by atomic mass is 10.0. The minimum Gasteiger partial charge on any atom is -0.462 e. The smallest absolute Gasteiger partial charge is 0.462 e. The topological polar surface area (TPSA) is 160 Å². The highest BCUT2D eigenvalue weighted by Gasteiger charge is 2.23. The zero-order valence-corrected chi connectivity index (χ0v) is 28.4. The van der Waals surface area contributed by atoms with Gasteiger partial charge in [-0.05, 0) is 38.5 Å². The van der Waals surface area contributed by atoms with Crippen LogP contribution in [0.1, 0.15) is 155 Å². The molecule has 0 radical (unpaired) electrons. The van der Waals surface area contributed by atoms with Gasteiger partial charge in [0.2, 0.25) is 0 Å². The summed E-state index contributed by atoms with van der Waals surface area (Å²) in [6.45, 7) is 3.45. The number of hydrogen-bond acceptors (Lipinski definition) is 8. The molecule has 0 spiro atoms. The molecule has 260 valence electrons. The van der Waals surface area contributed by atoms with E-state index in [0.29, 0.717) is 25.7 Å². The van der Waals surface area contributed by atoms with Crippen LogP contribution in [-0.4, -0.2) is 63.5 Å². The van der Waals surface area contributed by atoms with Gasteiger partial charge in [-0.25, -0.2) is 4.57 Å². The van der Waals surface area contributed by atoms with Crippen LogP contribution in [0.25, 0.3) is 0 Å². The molecule has 0 fully saturated rings. The molecule has 4 N–H and O–H groups in total. The molecule has 0 aromatic rings. The molecule has 0 aliphatic rings. The predicted octanol–water partition coefficient (Wildman–Crippen LogP) is 7.45. The van der Waals surface area contributed by atoms with Crippen molar-refractivity contribution in [3.63, 3.8) is 0 Å². The van der Waals surface area contributed by atoms with Crippen molar-refractivity contribution in [2.45, 2.75) is 173 Å². The van der Waals surface area contributed by atoms with Crippen molar-refractivity contribution in [3.05, 3.63) is 12.2 Å². The first-order valence-electron chi connectivity index (χ1n) is 17.1. The van der Waals surface area contributed by atoms with E-state index in [0.717, 1.165) is 57.8 Å². The normalized spacial score (nSPS) is 14.0. The molecule has 0 aliphatic carbocycles. The number of phosphoric acid groups is 1. The van der Waals surface area contributed by atoms with Crippen LogP contribution in [0.3, 0.4) is 0 Å². The van der Waals surface area contributed by atoms with Gasteiger partial charge in [-0.2, -0.15) is 0 Å². The Bertz CT molecular complexity index is 770. The van der Waals surface area contributed by atoms with E-state index in [1.165, 1.54) is 44.9 Å². The van der Waals surface area contributed by atoms with Crippen LogP contribution in [0, 0.1) is 0 Å². The molecule has 11 heteroatoms. The third-order valence-electron chi connectivity index (χ3n) is 7.48. The number of carbonyl (C=O) groups excluding carboxylic acids is 2. The van der Waals surface area contributed by atoms with E-state index in [9.17, 15) is 24.4 Å². The quantitative estimate of drug-likeness (QED) is 0.0257. The number of aliphatic hydroxyl groups excluding tert-OH is 2. The first kappa shape index (κ1) is 42.7. The Morgan fingerprint density at radius 3 is 1.77 bits per heavy atom. The highest BCUT2D eigenvalue weighted by atomic mass is 31.2. The molecule has 0 aliphatic heterocycles. The number of phosphoric ester groups is 1. The van der Waals surface area contributed by atoms with Gasteiger partial charge in [0, 0.05) is 12.8 Å². The fourth-order valence-corrected chi connectivity index (χ4v) is 5.11. The summed E-state index contributed by atoms with van der Waals surface area (Å²) in [4.78, 5) is 42.5. The molecule has 0 aromatic heterocycles. The number of aliphatic hydroxyl groups is 2. The number of carbonyl (C=O) groups is 2. The molecule has 3 atom stereocenters. The molecular weight excluding hydrogens is 587 g/mol. The molecule has 0 rings (SSSR count). The van der Waals surface area contributed by atoms with Crippen LogP contribution in [0.5, 0.6) is 0 Å². The lowest BCUT2D eigenvalue weighted by molar-refractivity contribution is -0.161. The van der Waals surface area contributed by atoms with Crippen molar-refractivity contribution in [1.29, 1.82) is 0 Å². The van der Waals surface area contributed by atoms with Gasteiger partial charge in [-0.3, -0.25) is 14.1 Å². The predicted molar refractivity (Wildman–Crippen MR) is 173 cm³/mol. The number of ether oxygens (including phenoxy) is 2. The number of allylic oxidation sites excluding steroid dienone is 1. The largest absolute Gasteiger partial charge is 0.469 e.